The fraction of sp³-hybridized carbons (Fsp3) is 0.364. The Morgan fingerprint density at radius 3 is 2.46 bits per heavy atom. The van der Waals surface area contributed by atoms with Gasteiger partial charge in [0.1, 0.15) is 5.60 Å². The molecular weight excluding hydrogens is 162 g/mol. The summed E-state index contributed by atoms with van der Waals surface area (Å²) in [5.74, 6) is 0.651. The van der Waals surface area contributed by atoms with E-state index in [1.165, 1.54) is 0 Å². The number of ether oxygens (including phenoxy) is 1. The van der Waals surface area contributed by atoms with E-state index in [1.54, 1.807) is 12.3 Å². The summed E-state index contributed by atoms with van der Waals surface area (Å²) in [5, 5.41) is 0. The van der Waals surface area contributed by atoms with E-state index < -0.39 is 0 Å². The maximum absolute atomic E-state index is 5.56. The van der Waals surface area contributed by atoms with Crippen molar-refractivity contribution in [3.8, 4) is 5.88 Å². The molecule has 0 spiro atoms. The van der Waals surface area contributed by atoms with Gasteiger partial charge in [-0.2, -0.15) is 0 Å². The maximum atomic E-state index is 5.56. The monoisotopic (exact) mass is 177 g/mol. The lowest BCUT2D eigenvalue weighted by Crippen LogP contribution is -2.23. The lowest BCUT2D eigenvalue weighted by molar-refractivity contribution is 0.124. The smallest absolute Gasteiger partial charge is 0.213 e. The molecule has 0 bridgehead atoms. The summed E-state index contributed by atoms with van der Waals surface area (Å²) in [4.78, 5) is 4.14. The summed E-state index contributed by atoms with van der Waals surface area (Å²) in [6, 6.07) is 3.78. The van der Waals surface area contributed by atoms with E-state index in [0.717, 1.165) is 5.56 Å². The predicted molar refractivity (Wildman–Crippen MR) is 54.7 cm³/mol. The molecule has 0 saturated heterocycles. The van der Waals surface area contributed by atoms with Crippen molar-refractivity contribution in [2.45, 2.75) is 26.4 Å². The number of aromatic nitrogens is 1. The van der Waals surface area contributed by atoms with E-state index >= 15 is 0 Å². The van der Waals surface area contributed by atoms with Crippen LogP contribution in [0.5, 0.6) is 5.88 Å². The van der Waals surface area contributed by atoms with Gasteiger partial charge in [0.2, 0.25) is 5.88 Å². The number of hydrogen-bond acceptors (Lipinski definition) is 2. The predicted octanol–water partition coefficient (Wildman–Crippen LogP) is 2.90. The minimum Gasteiger partial charge on any atom is -0.472 e. The van der Waals surface area contributed by atoms with Gasteiger partial charge in [0, 0.05) is 12.3 Å². The van der Waals surface area contributed by atoms with Gasteiger partial charge in [0.15, 0.2) is 0 Å². The van der Waals surface area contributed by atoms with E-state index in [1.807, 2.05) is 32.9 Å². The highest BCUT2D eigenvalue weighted by Crippen LogP contribution is 2.15. The van der Waals surface area contributed by atoms with E-state index in [9.17, 15) is 0 Å². The van der Waals surface area contributed by atoms with Crippen molar-refractivity contribution < 1.29 is 4.74 Å². The Labute approximate surface area is 79.3 Å². The van der Waals surface area contributed by atoms with E-state index in [0.29, 0.717) is 5.88 Å². The third-order valence-electron chi connectivity index (χ3n) is 1.41. The Morgan fingerprint density at radius 2 is 2.08 bits per heavy atom. The van der Waals surface area contributed by atoms with Gasteiger partial charge in [-0.1, -0.05) is 12.7 Å². The average molecular weight is 177 g/mol. The summed E-state index contributed by atoms with van der Waals surface area (Å²) in [6.45, 7) is 9.64. The largest absolute Gasteiger partial charge is 0.472 e. The molecule has 13 heavy (non-hydrogen) atoms. The van der Waals surface area contributed by atoms with E-state index in [2.05, 4.69) is 11.6 Å². The highest BCUT2D eigenvalue weighted by Gasteiger charge is 2.11. The number of hydrogen-bond donors (Lipinski definition) is 0. The molecule has 1 aromatic rings. The molecule has 0 aliphatic carbocycles. The summed E-state index contributed by atoms with van der Waals surface area (Å²) in [7, 11) is 0. The zero-order valence-electron chi connectivity index (χ0n) is 8.37. The van der Waals surface area contributed by atoms with Gasteiger partial charge in [-0.3, -0.25) is 0 Å². The standard InChI is InChI=1S/C11H15NO/c1-5-9-6-7-10(12-8-9)13-11(2,3)4/h5-8H,1H2,2-4H3. The van der Waals surface area contributed by atoms with Crippen LogP contribution in [0.4, 0.5) is 0 Å². The highest BCUT2D eigenvalue weighted by atomic mass is 16.5. The SMILES string of the molecule is C=Cc1ccc(OC(C)(C)C)nc1. The first-order valence-electron chi connectivity index (χ1n) is 4.29. The molecule has 0 saturated carbocycles. The van der Waals surface area contributed by atoms with Crippen LogP contribution in [0.15, 0.2) is 24.9 Å². The zero-order chi connectivity index (χ0) is 9.90. The van der Waals surface area contributed by atoms with Gasteiger partial charge in [-0.25, -0.2) is 4.98 Å². The molecule has 0 unspecified atom stereocenters. The second-order valence-corrected chi connectivity index (χ2v) is 3.85. The van der Waals surface area contributed by atoms with Crippen LogP contribution in [0.3, 0.4) is 0 Å². The third-order valence-corrected chi connectivity index (χ3v) is 1.41. The molecule has 0 N–H and O–H groups in total. The minimum atomic E-state index is -0.192. The van der Waals surface area contributed by atoms with Crippen molar-refractivity contribution in [3.05, 3.63) is 30.5 Å². The van der Waals surface area contributed by atoms with Crippen molar-refractivity contribution in [3.63, 3.8) is 0 Å². The van der Waals surface area contributed by atoms with Crippen molar-refractivity contribution >= 4 is 6.08 Å². The van der Waals surface area contributed by atoms with Crippen LogP contribution in [0.1, 0.15) is 26.3 Å². The molecule has 0 fully saturated rings. The minimum absolute atomic E-state index is 0.192. The number of pyridine rings is 1. The fourth-order valence-corrected chi connectivity index (χ4v) is 0.887. The molecule has 2 heteroatoms. The van der Waals surface area contributed by atoms with Gasteiger partial charge in [-0.05, 0) is 32.4 Å². The van der Waals surface area contributed by atoms with Crippen LogP contribution in [0.25, 0.3) is 6.08 Å². The second-order valence-electron chi connectivity index (χ2n) is 3.85. The Hall–Kier alpha value is -1.31. The highest BCUT2D eigenvalue weighted by molar-refractivity contribution is 5.45. The molecule has 0 aliphatic rings. The average Bonchev–Trinajstić information content (AvgIpc) is 2.03. The molecule has 70 valence electrons. The quantitative estimate of drug-likeness (QED) is 0.693. The topological polar surface area (TPSA) is 22.1 Å². The summed E-state index contributed by atoms with van der Waals surface area (Å²) in [5.41, 5.74) is 0.809. The lowest BCUT2D eigenvalue weighted by atomic mass is 10.2. The van der Waals surface area contributed by atoms with E-state index in [-0.39, 0.29) is 5.60 Å². The van der Waals surface area contributed by atoms with Gasteiger partial charge in [0.25, 0.3) is 0 Å². The molecule has 1 rings (SSSR count). The fourth-order valence-electron chi connectivity index (χ4n) is 0.887. The first-order chi connectivity index (χ1) is 6.01. The Kier molecular flexibility index (Phi) is 2.71. The van der Waals surface area contributed by atoms with E-state index in [4.69, 9.17) is 4.74 Å². The lowest BCUT2D eigenvalue weighted by Gasteiger charge is -2.19. The first-order valence-corrected chi connectivity index (χ1v) is 4.29. The molecule has 0 atom stereocenters. The summed E-state index contributed by atoms with van der Waals surface area (Å²) < 4.78 is 5.56. The molecule has 0 aliphatic heterocycles. The van der Waals surface area contributed by atoms with Crippen LogP contribution < -0.4 is 4.74 Å². The normalized spacial score (nSPS) is 11.0. The van der Waals surface area contributed by atoms with Crippen molar-refractivity contribution in [1.82, 2.24) is 4.98 Å². The van der Waals surface area contributed by atoms with Gasteiger partial charge < -0.3 is 4.74 Å². The van der Waals surface area contributed by atoms with Crippen LogP contribution in [0.2, 0.25) is 0 Å². The van der Waals surface area contributed by atoms with Crippen LogP contribution in [-0.2, 0) is 0 Å². The number of nitrogens with zero attached hydrogens (tertiary/aromatic N) is 1. The van der Waals surface area contributed by atoms with Crippen LogP contribution in [0, 0.1) is 0 Å². The zero-order valence-corrected chi connectivity index (χ0v) is 8.37. The van der Waals surface area contributed by atoms with Crippen LogP contribution in [-0.4, -0.2) is 10.6 Å². The van der Waals surface area contributed by atoms with Crippen molar-refractivity contribution in [2.24, 2.45) is 0 Å². The summed E-state index contributed by atoms with van der Waals surface area (Å²) >= 11 is 0. The molecule has 0 radical (unpaired) electrons. The Morgan fingerprint density at radius 1 is 1.38 bits per heavy atom. The molecule has 0 aromatic carbocycles. The maximum Gasteiger partial charge on any atom is 0.213 e. The molecule has 1 heterocycles. The second kappa shape index (κ2) is 3.60. The number of rotatable bonds is 2. The Bertz CT molecular complexity index is 282. The Balaban J connectivity index is 2.75. The first kappa shape index (κ1) is 9.78. The summed E-state index contributed by atoms with van der Waals surface area (Å²) in [6.07, 6.45) is 3.50. The third kappa shape index (κ3) is 3.28. The molecular formula is C11H15NO. The van der Waals surface area contributed by atoms with Crippen LogP contribution >= 0.6 is 0 Å². The van der Waals surface area contributed by atoms with Crippen molar-refractivity contribution in [2.75, 3.05) is 0 Å². The van der Waals surface area contributed by atoms with Crippen molar-refractivity contribution in [1.29, 1.82) is 0 Å². The van der Waals surface area contributed by atoms with Gasteiger partial charge in [-0.15, -0.1) is 0 Å². The van der Waals surface area contributed by atoms with Gasteiger partial charge >= 0.3 is 0 Å². The molecule has 0 amide bonds. The van der Waals surface area contributed by atoms with Gasteiger partial charge in [0.05, 0.1) is 0 Å². The molecule has 2 nitrogen and oxygen atoms in total. The molecule has 1 aromatic heterocycles.